The zero-order valence-corrected chi connectivity index (χ0v) is 11.7. The summed E-state index contributed by atoms with van der Waals surface area (Å²) in [5.74, 6) is 0.431. The van der Waals surface area contributed by atoms with E-state index in [1.807, 2.05) is 14.1 Å². The van der Waals surface area contributed by atoms with Crippen LogP contribution in [0.1, 0.15) is 16.9 Å². The van der Waals surface area contributed by atoms with Gasteiger partial charge in [-0.25, -0.2) is 4.98 Å². The lowest BCUT2D eigenvalue weighted by Gasteiger charge is -2.09. The molecule has 0 saturated carbocycles. The van der Waals surface area contributed by atoms with Crippen molar-refractivity contribution in [3.63, 3.8) is 0 Å². The van der Waals surface area contributed by atoms with E-state index >= 15 is 0 Å². The van der Waals surface area contributed by atoms with E-state index < -0.39 is 0 Å². The number of hydrogen-bond acceptors (Lipinski definition) is 5. The molecule has 7 nitrogen and oxygen atoms in total. The van der Waals surface area contributed by atoms with Gasteiger partial charge < -0.3 is 10.2 Å². The number of carbonyl (C=O) groups excluding carboxylic acids is 1. The van der Waals surface area contributed by atoms with Crippen molar-refractivity contribution < 1.29 is 4.79 Å². The third-order valence-electron chi connectivity index (χ3n) is 2.72. The van der Waals surface area contributed by atoms with E-state index in [2.05, 4.69) is 25.4 Å². The topological polar surface area (TPSA) is 75.9 Å². The van der Waals surface area contributed by atoms with E-state index in [1.165, 1.54) is 0 Å². The number of carbonyl (C=O) groups is 1. The first kappa shape index (κ1) is 14.1. The molecule has 0 fully saturated rings. The van der Waals surface area contributed by atoms with Crippen molar-refractivity contribution >= 4 is 5.91 Å². The van der Waals surface area contributed by atoms with Gasteiger partial charge in [0.25, 0.3) is 5.91 Å². The van der Waals surface area contributed by atoms with Crippen LogP contribution in [0.4, 0.5) is 0 Å². The monoisotopic (exact) mass is 274 g/mol. The highest BCUT2D eigenvalue weighted by molar-refractivity contribution is 5.92. The number of rotatable bonds is 6. The molecule has 0 aliphatic carbocycles. The number of imidazole rings is 1. The third kappa shape index (κ3) is 3.86. The summed E-state index contributed by atoms with van der Waals surface area (Å²) in [7, 11) is 4.00. The second kappa shape index (κ2) is 6.76. The molecule has 1 N–H and O–H groups in total. The lowest BCUT2D eigenvalue weighted by molar-refractivity contribution is 0.0946. The highest BCUT2D eigenvalue weighted by Gasteiger charge is 2.08. The molecule has 0 saturated heterocycles. The molecular formula is C13H18N6O. The first-order chi connectivity index (χ1) is 9.66. The number of nitrogens with one attached hydrogen (secondary N) is 1. The van der Waals surface area contributed by atoms with Crippen LogP contribution in [-0.2, 0) is 0 Å². The number of aromatic nitrogens is 4. The van der Waals surface area contributed by atoms with Gasteiger partial charge in [-0.3, -0.25) is 9.36 Å². The molecule has 106 valence electrons. The molecule has 0 aliphatic heterocycles. The number of hydrogen-bond donors (Lipinski definition) is 1. The second-order valence-corrected chi connectivity index (χ2v) is 4.66. The van der Waals surface area contributed by atoms with E-state index in [4.69, 9.17) is 0 Å². The molecule has 2 rings (SSSR count). The Kier molecular flexibility index (Phi) is 4.78. The van der Waals surface area contributed by atoms with Gasteiger partial charge in [-0.15, -0.1) is 10.2 Å². The van der Waals surface area contributed by atoms with Crippen molar-refractivity contribution in [3.8, 4) is 5.82 Å². The van der Waals surface area contributed by atoms with Crippen molar-refractivity contribution in [1.29, 1.82) is 0 Å². The van der Waals surface area contributed by atoms with Crippen LogP contribution in [0.15, 0.2) is 30.9 Å². The van der Waals surface area contributed by atoms with Crippen LogP contribution in [0.3, 0.4) is 0 Å². The molecule has 0 atom stereocenters. The quantitative estimate of drug-likeness (QED) is 0.769. The predicted octanol–water partition coefficient (Wildman–Crippen LogP) is 0.344. The van der Waals surface area contributed by atoms with E-state index in [9.17, 15) is 4.79 Å². The summed E-state index contributed by atoms with van der Waals surface area (Å²) in [6.07, 6.45) is 5.96. The van der Waals surface area contributed by atoms with Gasteiger partial charge in [0.2, 0.25) is 0 Å². The lowest BCUT2D eigenvalue weighted by Crippen LogP contribution is -2.28. The minimum Gasteiger partial charge on any atom is -0.351 e. The molecular weight excluding hydrogens is 256 g/mol. The minimum atomic E-state index is -0.201. The molecule has 0 aliphatic rings. The number of amides is 1. The second-order valence-electron chi connectivity index (χ2n) is 4.66. The summed E-state index contributed by atoms with van der Waals surface area (Å²) >= 11 is 0. The predicted molar refractivity (Wildman–Crippen MR) is 74.7 cm³/mol. The summed E-state index contributed by atoms with van der Waals surface area (Å²) in [5.41, 5.74) is 0.318. The van der Waals surface area contributed by atoms with Crippen molar-refractivity contribution in [3.05, 3.63) is 36.5 Å². The maximum atomic E-state index is 11.8. The van der Waals surface area contributed by atoms with Gasteiger partial charge in [-0.2, -0.15) is 0 Å². The molecule has 2 aromatic rings. The zero-order chi connectivity index (χ0) is 14.4. The van der Waals surface area contributed by atoms with Crippen molar-refractivity contribution in [2.45, 2.75) is 6.42 Å². The van der Waals surface area contributed by atoms with Crippen LogP contribution < -0.4 is 5.32 Å². The summed E-state index contributed by atoms with van der Waals surface area (Å²) in [6.45, 7) is 1.56. The lowest BCUT2D eigenvalue weighted by atomic mass is 10.3. The Hall–Kier alpha value is -2.28. The Morgan fingerprint density at radius 1 is 1.35 bits per heavy atom. The Bertz CT molecular complexity index is 534. The molecule has 0 radical (unpaired) electrons. The van der Waals surface area contributed by atoms with Gasteiger partial charge >= 0.3 is 0 Å². The van der Waals surface area contributed by atoms with Crippen molar-refractivity contribution in [2.75, 3.05) is 27.2 Å². The normalized spacial score (nSPS) is 10.8. The van der Waals surface area contributed by atoms with E-state index in [0.29, 0.717) is 18.1 Å². The van der Waals surface area contributed by atoms with Crippen molar-refractivity contribution in [2.24, 2.45) is 0 Å². The molecule has 0 unspecified atom stereocenters. The summed E-state index contributed by atoms with van der Waals surface area (Å²) in [6, 6.07) is 3.40. The van der Waals surface area contributed by atoms with Crippen molar-refractivity contribution in [1.82, 2.24) is 30.0 Å². The first-order valence-corrected chi connectivity index (χ1v) is 6.42. The van der Waals surface area contributed by atoms with Crippen LogP contribution in [-0.4, -0.2) is 57.7 Å². The highest BCUT2D eigenvalue weighted by Crippen LogP contribution is 2.02. The first-order valence-electron chi connectivity index (χ1n) is 6.42. The van der Waals surface area contributed by atoms with E-state index in [-0.39, 0.29) is 5.91 Å². The van der Waals surface area contributed by atoms with Crippen LogP contribution in [0.2, 0.25) is 0 Å². The van der Waals surface area contributed by atoms with Gasteiger partial charge in [-0.05, 0) is 39.2 Å². The van der Waals surface area contributed by atoms with Crippen LogP contribution >= 0.6 is 0 Å². The molecule has 0 spiro atoms. The summed E-state index contributed by atoms with van der Waals surface area (Å²) in [4.78, 5) is 17.8. The van der Waals surface area contributed by atoms with Gasteiger partial charge in [-0.1, -0.05) is 0 Å². The molecule has 0 bridgehead atoms. The maximum absolute atomic E-state index is 11.8. The van der Waals surface area contributed by atoms with Gasteiger partial charge in [0.15, 0.2) is 11.5 Å². The summed E-state index contributed by atoms with van der Waals surface area (Å²) < 4.78 is 1.73. The van der Waals surface area contributed by atoms with Crippen LogP contribution in [0.25, 0.3) is 5.82 Å². The largest absolute Gasteiger partial charge is 0.351 e. The Balaban J connectivity index is 1.88. The molecule has 20 heavy (non-hydrogen) atoms. The SMILES string of the molecule is CN(C)CCCNC(=O)c1ccc(-n2ccnc2)nn1. The average Bonchev–Trinajstić information content (AvgIpc) is 2.97. The van der Waals surface area contributed by atoms with Gasteiger partial charge in [0, 0.05) is 18.9 Å². The highest BCUT2D eigenvalue weighted by atomic mass is 16.1. The Labute approximate surface area is 117 Å². The van der Waals surface area contributed by atoms with Crippen LogP contribution in [0, 0.1) is 0 Å². The van der Waals surface area contributed by atoms with Gasteiger partial charge in [0.05, 0.1) is 0 Å². The fraction of sp³-hybridized carbons (Fsp3) is 0.385. The molecule has 7 heteroatoms. The summed E-state index contributed by atoms with van der Waals surface area (Å²) in [5, 5.41) is 10.8. The number of nitrogens with zero attached hydrogens (tertiary/aromatic N) is 5. The standard InChI is InChI=1S/C13H18N6O/c1-18(2)8-3-6-15-13(20)11-4-5-12(17-16-11)19-9-7-14-10-19/h4-5,7,9-10H,3,6,8H2,1-2H3,(H,15,20). The fourth-order valence-corrected chi connectivity index (χ4v) is 1.67. The van der Waals surface area contributed by atoms with Gasteiger partial charge in [0.1, 0.15) is 6.33 Å². The molecule has 2 heterocycles. The van der Waals surface area contributed by atoms with Crippen LogP contribution in [0.5, 0.6) is 0 Å². The minimum absolute atomic E-state index is 0.201. The third-order valence-corrected chi connectivity index (χ3v) is 2.72. The fourth-order valence-electron chi connectivity index (χ4n) is 1.67. The maximum Gasteiger partial charge on any atom is 0.271 e. The molecule has 0 aromatic carbocycles. The smallest absolute Gasteiger partial charge is 0.271 e. The Morgan fingerprint density at radius 3 is 2.80 bits per heavy atom. The zero-order valence-electron chi connectivity index (χ0n) is 11.7. The Morgan fingerprint density at radius 2 is 2.20 bits per heavy atom. The van der Waals surface area contributed by atoms with E-state index in [0.717, 1.165) is 13.0 Å². The average molecular weight is 274 g/mol. The molecule has 1 amide bonds. The van der Waals surface area contributed by atoms with E-state index in [1.54, 1.807) is 35.4 Å². The molecule has 2 aromatic heterocycles.